The summed E-state index contributed by atoms with van der Waals surface area (Å²) in [5, 5.41) is 0. The van der Waals surface area contributed by atoms with Crippen molar-refractivity contribution in [1.82, 2.24) is 19.6 Å². The number of aryl methyl sites for hydroxylation is 1. The van der Waals surface area contributed by atoms with Crippen LogP contribution in [0.5, 0.6) is 5.75 Å². The van der Waals surface area contributed by atoms with Gasteiger partial charge in [0.25, 0.3) is 0 Å². The number of imidazole rings is 1. The molecule has 0 saturated heterocycles. The van der Waals surface area contributed by atoms with Crippen LogP contribution in [0.15, 0.2) is 33.9 Å². The Kier molecular flexibility index (Phi) is 2.98. The number of aromatic amines is 2. The van der Waals surface area contributed by atoms with Gasteiger partial charge in [-0.2, -0.15) is 9.66 Å². The molecule has 108 valence electrons. The molecule has 0 aliphatic rings. The molecule has 0 saturated carbocycles. The highest BCUT2D eigenvalue weighted by molar-refractivity contribution is 5.74. The molecule has 0 fully saturated rings. The summed E-state index contributed by atoms with van der Waals surface area (Å²) < 4.78 is 6.52. The number of hydrogen-bond donors (Lipinski definition) is 3. The molecule has 0 radical (unpaired) electrons. The largest absolute Gasteiger partial charge is 0.495 e. The van der Waals surface area contributed by atoms with Crippen molar-refractivity contribution in [3.63, 3.8) is 0 Å². The minimum absolute atomic E-state index is 0.226. The van der Waals surface area contributed by atoms with Gasteiger partial charge in [0.1, 0.15) is 11.3 Å². The van der Waals surface area contributed by atoms with Crippen molar-refractivity contribution in [2.75, 3.05) is 12.5 Å². The minimum atomic E-state index is -0.509. The highest BCUT2D eigenvalue weighted by atomic mass is 16.5. The molecule has 3 rings (SSSR count). The standard InChI is InChI=1S/C13H13N5O3/c1-7-10-11(15-12(19)14-7)16-13(20)18(10)17-8-5-3-4-6-9(8)21-2/h3-6,17H,1-2H3,(H2,14,15,16,19,20). The van der Waals surface area contributed by atoms with Crippen molar-refractivity contribution >= 4 is 16.9 Å². The van der Waals surface area contributed by atoms with Crippen LogP contribution < -0.4 is 21.5 Å². The van der Waals surface area contributed by atoms with E-state index in [2.05, 4.69) is 20.4 Å². The first-order valence-corrected chi connectivity index (χ1v) is 6.22. The summed E-state index contributed by atoms with van der Waals surface area (Å²) in [6.07, 6.45) is 0. The van der Waals surface area contributed by atoms with E-state index in [4.69, 9.17) is 4.74 Å². The lowest BCUT2D eigenvalue weighted by Gasteiger charge is -2.11. The van der Waals surface area contributed by atoms with Gasteiger partial charge >= 0.3 is 11.4 Å². The molecule has 0 aliphatic carbocycles. The normalized spacial score (nSPS) is 10.8. The lowest BCUT2D eigenvalue weighted by molar-refractivity contribution is 0.416. The number of hydrogen-bond acceptors (Lipinski definition) is 5. The second-order valence-corrected chi connectivity index (χ2v) is 4.44. The van der Waals surface area contributed by atoms with Crippen molar-refractivity contribution in [1.29, 1.82) is 0 Å². The monoisotopic (exact) mass is 287 g/mol. The summed E-state index contributed by atoms with van der Waals surface area (Å²) >= 11 is 0. The number of benzene rings is 1. The lowest BCUT2D eigenvalue weighted by atomic mass is 10.3. The molecule has 3 aromatic rings. The lowest BCUT2D eigenvalue weighted by Crippen LogP contribution is -2.24. The first kappa shape index (κ1) is 13.0. The molecular weight excluding hydrogens is 274 g/mol. The van der Waals surface area contributed by atoms with Crippen molar-refractivity contribution in [2.24, 2.45) is 0 Å². The average molecular weight is 287 g/mol. The van der Waals surface area contributed by atoms with E-state index < -0.39 is 11.4 Å². The molecule has 0 amide bonds. The van der Waals surface area contributed by atoms with E-state index in [1.165, 1.54) is 4.68 Å². The van der Waals surface area contributed by atoms with Crippen LogP contribution in [-0.2, 0) is 0 Å². The molecular formula is C13H13N5O3. The second kappa shape index (κ2) is 4.82. The molecule has 0 aliphatic heterocycles. The van der Waals surface area contributed by atoms with Crippen LogP contribution in [0.2, 0.25) is 0 Å². The van der Waals surface area contributed by atoms with Gasteiger partial charge in [-0.3, -0.25) is 10.4 Å². The van der Waals surface area contributed by atoms with Gasteiger partial charge in [-0.1, -0.05) is 12.1 Å². The van der Waals surface area contributed by atoms with Crippen LogP contribution >= 0.6 is 0 Å². The maximum absolute atomic E-state index is 12.1. The molecule has 0 bridgehead atoms. The Morgan fingerprint density at radius 3 is 2.76 bits per heavy atom. The van der Waals surface area contributed by atoms with Crippen LogP contribution in [0.4, 0.5) is 5.69 Å². The summed E-state index contributed by atoms with van der Waals surface area (Å²) in [6, 6.07) is 7.19. The Hall–Kier alpha value is -3.03. The third-order valence-corrected chi connectivity index (χ3v) is 3.08. The Morgan fingerprint density at radius 2 is 2.00 bits per heavy atom. The van der Waals surface area contributed by atoms with Gasteiger partial charge in [-0.15, -0.1) is 0 Å². The van der Waals surface area contributed by atoms with Gasteiger partial charge < -0.3 is 9.72 Å². The summed E-state index contributed by atoms with van der Waals surface area (Å²) in [4.78, 5) is 32.2. The fraction of sp³-hybridized carbons (Fsp3) is 0.154. The van der Waals surface area contributed by atoms with E-state index in [1.807, 2.05) is 12.1 Å². The molecule has 3 N–H and O–H groups in total. The van der Waals surface area contributed by atoms with Crippen LogP contribution in [-0.4, -0.2) is 26.7 Å². The van der Waals surface area contributed by atoms with Crippen molar-refractivity contribution in [3.05, 3.63) is 50.9 Å². The molecule has 1 aromatic carbocycles. The number of rotatable bonds is 3. The van der Waals surface area contributed by atoms with Crippen LogP contribution in [0.1, 0.15) is 5.69 Å². The summed E-state index contributed by atoms with van der Waals surface area (Å²) in [5.41, 5.74) is 3.88. The minimum Gasteiger partial charge on any atom is -0.495 e. The highest BCUT2D eigenvalue weighted by Gasteiger charge is 2.13. The zero-order valence-electron chi connectivity index (χ0n) is 11.4. The Bertz CT molecular complexity index is 921. The first-order chi connectivity index (χ1) is 10.1. The maximum atomic E-state index is 12.1. The van der Waals surface area contributed by atoms with E-state index in [0.717, 1.165) is 0 Å². The van der Waals surface area contributed by atoms with Gasteiger partial charge in [0.2, 0.25) is 0 Å². The zero-order valence-corrected chi connectivity index (χ0v) is 11.4. The summed E-state index contributed by atoms with van der Waals surface area (Å²) in [7, 11) is 1.54. The zero-order chi connectivity index (χ0) is 15.0. The SMILES string of the molecule is COc1ccccc1Nn1c(=O)[nH]c2nc(=O)[nH]c(C)c21. The number of aromatic nitrogens is 4. The Labute approximate surface area is 118 Å². The molecule has 0 spiro atoms. The third-order valence-electron chi connectivity index (χ3n) is 3.08. The summed E-state index contributed by atoms with van der Waals surface area (Å²) in [5.74, 6) is 0.591. The quantitative estimate of drug-likeness (QED) is 0.654. The molecule has 2 heterocycles. The predicted octanol–water partition coefficient (Wildman–Crippen LogP) is 0.605. The van der Waals surface area contributed by atoms with Gasteiger partial charge in [-0.05, 0) is 19.1 Å². The smallest absolute Gasteiger partial charge is 0.347 e. The highest BCUT2D eigenvalue weighted by Crippen LogP contribution is 2.23. The van der Waals surface area contributed by atoms with Crippen LogP contribution in [0.3, 0.4) is 0 Å². The fourth-order valence-corrected chi connectivity index (χ4v) is 2.16. The van der Waals surface area contributed by atoms with E-state index in [0.29, 0.717) is 22.6 Å². The molecule has 2 aromatic heterocycles. The van der Waals surface area contributed by atoms with Gasteiger partial charge in [-0.25, -0.2) is 9.59 Å². The number of ether oxygens (including phenoxy) is 1. The van der Waals surface area contributed by atoms with E-state index in [-0.39, 0.29) is 5.65 Å². The Morgan fingerprint density at radius 1 is 1.24 bits per heavy atom. The molecule has 21 heavy (non-hydrogen) atoms. The third kappa shape index (κ3) is 2.16. The van der Waals surface area contributed by atoms with Gasteiger partial charge in [0, 0.05) is 5.69 Å². The molecule has 0 atom stereocenters. The number of fused-ring (bicyclic) bond motifs is 1. The topological polar surface area (TPSA) is 105 Å². The van der Waals surface area contributed by atoms with Crippen molar-refractivity contribution in [3.8, 4) is 5.75 Å². The Balaban J connectivity index is 2.19. The average Bonchev–Trinajstić information content (AvgIpc) is 2.75. The van der Waals surface area contributed by atoms with Crippen molar-refractivity contribution in [2.45, 2.75) is 6.92 Å². The number of nitrogens with one attached hydrogen (secondary N) is 3. The number of H-pyrrole nitrogens is 2. The molecule has 0 unspecified atom stereocenters. The first-order valence-electron chi connectivity index (χ1n) is 6.22. The van der Waals surface area contributed by atoms with Crippen LogP contribution in [0.25, 0.3) is 11.2 Å². The molecule has 8 heteroatoms. The van der Waals surface area contributed by atoms with Gasteiger partial charge in [0.05, 0.1) is 12.8 Å². The summed E-state index contributed by atoms with van der Waals surface area (Å²) in [6.45, 7) is 1.69. The number of para-hydroxylation sites is 2. The maximum Gasteiger partial charge on any atom is 0.347 e. The van der Waals surface area contributed by atoms with E-state index in [1.54, 1.807) is 26.2 Å². The number of nitrogens with zero attached hydrogens (tertiary/aromatic N) is 2. The van der Waals surface area contributed by atoms with Crippen molar-refractivity contribution < 1.29 is 4.74 Å². The van der Waals surface area contributed by atoms with Gasteiger partial charge in [0.15, 0.2) is 5.65 Å². The van der Waals surface area contributed by atoms with E-state index >= 15 is 0 Å². The number of methoxy groups -OCH3 is 1. The van der Waals surface area contributed by atoms with E-state index in [9.17, 15) is 9.59 Å². The molecule has 8 nitrogen and oxygen atoms in total. The second-order valence-electron chi connectivity index (χ2n) is 4.44. The fourth-order valence-electron chi connectivity index (χ4n) is 2.16. The van der Waals surface area contributed by atoms with Crippen LogP contribution in [0, 0.1) is 6.92 Å². The predicted molar refractivity (Wildman–Crippen MR) is 77.7 cm³/mol. The number of anilines is 1.